The van der Waals surface area contributed by atoms with Gasteiger partial charge < -0.3 is 29.6 Å². The van der Waals surface area contributed by atoms with Crippen molar-refractivity contribution in [3.8, 4) is 0 Å². The molecule has 2 fully saturated rings. The van der Waals surface area contributed by atoms with E-state index < -0.39 is 36.6 Å². The van der Waals surface area contributed by atoms with Crippen molar-refractivity contribution in [2.45, 2.75) is 77.0 Å². The van der Waals surface area contributed by atoms with E-state index in [9.17, 15) is 9.59 Å². The Bertz CT molecular complexity index is 438. The summed E-state index contributed by atoms with van der Waals surface area (Å²) in [7, 11) is 0. The number of hydrogen-bond acceptors (Lipinski definition) is 6. The van der Waals surface area contributed by atoms with Gasteiger partial charge in [0.25, 0.3) is 0 Å². The third-order valence-electron chi connectivity index (χ3n) is 3.43. The smallest absolute Gasteiger partial charge is 0.407 e. The standard InChI is InChI=1S/C16H28N2O6/c1-15(2,3)17-13(19)23-9-7-21-12-10(8-22-11(9)12)24-14(20)18-16(4,5)6/h9-12H,7-8H2,1-6H3,(H,17,19)(H,18,20)/t9-,10+,11-,12-/m1/s1. The van der Waals surface area contributed by atoms with Crippen molar-refractivity contribution in [3.63, 3.8) is 0 Å². The van der Waals surface area contributed by atoms with E-state index in [-0.39, 0.29) is 24.3 Å². The molecule has 2 heterocycles. The molecular formula is C16H28N2O6. The first kappa shape index (κ1) is 18.8. The second kappa shape index (κ2) is 6.76. The number of ether oxygens (including phenoxy) is 4. The number of hydrogen-bond donors (Lipinski definition) is 2. The maximum absolute atomic E-state index is 11.9. The number of amides is 2. The molecule has 2 amide bonds. The van der Waals surface area contributed by atoms with Crippen molar-refractivity contribution in [1.82, 2.24) is 10.6 Å². The van der Waals surface area contributed by atoms with Crippen molar-refractivity contribution < 1.29 is 28.5 Å². The molecule has 0 saturated carbocycles. The zero-order valence-corrected chi connectivity index (χ0v) is 15.2. The van der Waals surface area contributed by atoms with Gasteiger partial charge in [0.15, 0.2) is 12.2 Å². The Balaban J connectivity index is 1.85. The normalized spacial score (nSPS) is 29.8. The van der Waals surface area contributed by atoms with Crippen molar-refractivity contribution in [1.29, 1.82) is 0 Å². The number of carbonyl (C=O) groups excluding carboxylic acids is 2. The molecule has 8 nitrogen and oxygen atoms in total. The lowest BCUT2D eigenvalue weighted by Crippen LogP contribution is -2.45. The summed E-state index contributed by atoms with van der Waals surface area (Å²) in [6.07, 6.45) is -2.93. The molecule has 138 valence electrons. The molecule has 0 unspecified atom stereocenters. The molecule has 8 heteroatoms. The van der Waals surface area contributed by atoms with Crippen LogP contribution in [0.15, 0.2) is 0 Å². The largest absolute Gasteiger partial charge is 0.441 e. The Morgan fingerprint density at radius 3 is 1.42 bits per heavy atom. The average molecular weight is 344 g/mol. The van der Waals surface area contributed by atoms with Crippen LogP contribution < -0.4 is 10.6 Å². The lowest BCUT2D eigenvalue weighted by molar-refractivity contribution is -0.0137. The van der Waals surface area contributed by atoms with Crippen LogP contribution in [0.5, 0.6) is 0 Å². The molecule has 0 spiro atoms. The predicted octanol–water partition coefficient (Wildman–Crippen LogP) is 1.57. The highest BCUT2D eigenvalue weighted by atomic mass is 16.7. The van der Waals surface area contributed by atoms with E-state index in [0.29, 0.717) is 0 Å². The lowest BCUT2D eigenvalue weighted by Gasteiger charge is -2.23. The molecular weight excluding hydrogens is 316 g/mol. The van der Waals surface area contributed by atoms with E-state index in [0.717, 1.165) is 0 Å². The van der Waals surface area contributed by atoms with E-state index in [2.05, 4.69) is 10.6 Å². The zero-order chi connectivity index (χ0) is 18.1. The molecule has 0 aromatic carbocycles. The quantitative estimate of drug-likeness (QED) is 0.789. The average Bonchev–Trinajstić information content (AvgIpc) is 2.89. The lowest BCUT2D eigenvalue weighted by atomic mass is 10.1. The fourth-order valence-corrected chi connectivity index (χ4v) is 2.58. The molecule has 0 aromatic rings. The maximum Gasteiger partial charge on any atom is 0.407 e. The minimum absolute atomic E-state index is 0.216. The molecule has 4 atom stereocenters. The van der Waals surface area contributed by atoms with Gasteiger partial charge in [-0.25, -0.2) is 9.59 Å². The third kappa shape index (κ3) is 5.24. The van der Waals surface area contributed by atoms with Crippen molar-refractivity contribution in [3.05, 3.63) is 0 Å². The van der Waals surface area contributed by atoms with Crippen molar-refractivity contribution in [2.75, 3.05) is 13.2 Å². The van der Waals surface area contributed by atoms with Gasteiger partial charge in [0, 0.05) is 11.1 Å². The highest BCUT2D eigenvalue weighted by molar-refractivity contribution is 5.69. The van der Waals surface area contributed by atoms with Crippen LogP contribution in [0.3, 0.4) is 0 Å². The number of carbonyl (C=O) groups is 2. The summed E-state index contributed by atoms with van der Waals surface area (Å²) >= 11 is 0. The van der Waals surface area contributed by atoms with Crippen LogP contribution in [0.4, 0.5) is 9.59 Å². The van der Waals surface area contributed by atoms with Gasteiger partial charge in [0.2, 0.25) is 0 Å². The highest BCUT2D eigenvalue weighted by Gasteiger charge is 2.51. The molecule has 2 N–H and O–H groups in total. The summed E-state index contributed by atoms with van der Waals surface area (Å²) in [6, 6.07) is 0. The van der Waals surface area contributed by atoms with E-state index >= 15 is 0 Å². The highest BCUT2D eigenvalue weighted by Crippen LogP contribution is 2.30. The second-order valence-corrected chi connectivity index (χ2v) is 8.23. The first-order chi connectivity index (χ1) is 10.9. The summed E-state index contributed by atoms with van der Waals surface area (Å²) in [6.45, 7) is 11.6. The van der Waals surface area contributed by atoms with E-state index in [1.54, 1.807) is 0 Å². The van der Waals surface area contributed by atoms with Gasteiger partial charge in [-0.3, -0.25) is 0 Å². The Hall–Kier alpha value is -1.54. The fourth-order valence-electron chi connectivity index (χ4n) is 2.58. The minimum Gasteiger partial charge on any atom is -0.441 e. The van der Waals surface area contributed by atoms with E-state index in [1.165, 1.54) is 0 Å². The third-order valence-corrected chi connectivity index (χ3v) is 3.43. The molecule has 2 saturated heterocycles. The van der Waals surface area contributed by atoms with Gasteiger partial charge in [-0.2, -0.15) is 0 Å². The first-order valence-corrected chi connectivity index (χ1v) is 8.15. The van der Waals surface area contributed by atoms with Gasteiger partial charge in [0.05, 0.1) is 13.2 Å². The summed E-state index contributed by atoms with van der Waals surface area (Å²) in [4.78, 5) is 23.8. The minimum atomic E-state index is -0.518. The number of rotatable bonds is 2. The van der Waals surface area contributed by atoms with E-state index in [1.807, 2.05) is 41.5 Å². The predicted molar refractivity (Wildman–Crippen MR) is 85.8 cm³/mol. The molecule has 0 aromatic heterocycles. The van der Waals surface area contributed by atoms with Crippen LogP contribution in [0, 0.1) is 0 Å². The molecule has 0 aliphatic carbocycles. The molecule has 0 bridgehead atoms. The molecule has 24 heavy (non-hydrogen) atoms. The van der Waals surface area contributed by atoms with Crippen molar-refractivity contribution in [2.24, 2.45) is 0 Å². The summed E-state index contributed by atoms with van der Waals surface area (Å²) in [5.41, 5.74) is -0.771. The SMILES string of the molecule is CC(C)(C)NC(=O)O[C@H]1CO[C@H]2[C@@H]1OC[C@H]2OC(=O)NC(C)(C)C. The molecule has 2 aliphatic heterocycles. The number of alkyl carbamates (subject to hydrolysis) is 2. The van der Waals surface area contributed by atoms with Gasteiger partial charge in [-0.1, -0.05) is 0 Å². The van der Waals surface area contributed by atoms with Gasteiger partial charge >= 0.3 is 12.2 Å². The van der Waals surface area contributed by atoms with Gasteiger partial charge in [-0.05, 0) is 41.5 Å². The summed E-state index contributed by atoms with van der Waals surface area (Å²) < 4.78 is 22.0. The van der Waals surface area contributed by atoms with Crippen LogP contribution in [0.2, 0.25) is 0 Å². The fraction of sp³-hybridized carbons (Fsp3) is 0.875. The van der Waals surface area contributed by atoms with Crippen LogP contribution in [0.1, 0.15) is 41.5 Å². The monoisotopic (exact) mass is 344 g/mol. The summed E-state index contributed by atoms with van der Waals surface area (Å²) in [5, 5.41) is 5.45. The molecule has 2 aliphatic rings. The van der Waals surface area contributed by atoms with Crippen LogP contribution >= 0.6 is 0 Å². The van der Waals surface area contributed by atoms with Crippen LogP contribution in [-0.4, -0.2) is 60.9 Å². The van der Waals surface area contributed by atoms with Crippen LogP contribution in [0.25, 0.3) is 0 Å². The Kier molecular flexibility index (Phi) is 5.29. The maximum atomic E-state index is 11.9. The van der Waals surface area contributed by atoms with Gasteiger partial charge in [-0.15, -0.1) is 0 Å². The van der Waals surface area contributed by atoms with Crippen LogP contribution in [-0.2, 0) is 18.9 Å². The Labute approximate surface area is 142 Å². The van der Waals surface area contributed by atoms with Gasteiger partial charge in [0.1, 0.15) is 12.2 Å². The molecule has 2 rings (SSSR count). The first-order valence-electron chi connectivity index (χ1n) is 8.15. The topological polar surface area (TPSA) is 95.1 Å². The Morgan fingerprint density at radius 2 is 1.12 bits per heavy atom. The Morgan fingerprint density at radius 1 is 0.792 bits per heavy atom. The second-order valence-electron chi connectivity index (χ2n) is 8.23. The number of fused-ring (bicyclic) bond motifs is 1. The molecule has 0 radical (unpaired) electrons. The van der Waals surface area contributed by atoms with E-state index in [4.69, 9.17) is 18.9 Å². The zero-order valence-electron chi connectivity index (χ0n) is 15.2. The van der Waals surface area contributed by atoms with Crippen molar-refractivity contribution >= 4 is 12.2 Å². The summed E-state index contributed by atoms with van der Waals surface area (Å²) in [5.74, 6) is 0. The number of nitrogens with one attached hydrogen (secondary N) is 2.